The van der Waals surface area contributed by atoms with Crippen molar-refractivity contribution in [3.8, 4) is 11.5 Å². The largest absolute Gasteiger partial charge is 0.481 e. The molecule has 0 saturated heterocycles. The fourth-order valence-electron chi connectivity index (χ4n) is 1.67. The molecule has 2 rings (SSSR count). The molecule has 1 aliphatic rings. The highest BCUT2D eigenvalue weighted by atomic mass is 16.7. The Hall–Kier alpha value is -1.75. The first-order chi connectivity index (χ1) is 7.49. The lowest BCUT2D eigenvalue weighted by molar-refractivity contribution is -0.138. The van der Waals surface area contributed by atoms with Crippen LogP contribution < -0.4 is 15.2 Å². The number of carboxylic acid groups (broad SMARTS) is 1. The van der Waals surface area contributed by atoms with E-state index in [1.165, 1.54) is 0 Å². The maximum absolute atomic E-state index is 10.7. The second-order valence-electron chi connectivity index (χ2n) is 4.06. The van der Waals surface area contributed by atoms with E-state index in [4.69, 9.17) is 20.3 Å². The highest BCUT2D eigenvalue weighted by Gasteiger charge is 2.26. The van der Waals surface area contributed by atoms with Crippen LogP contribution in [-0.2, 0) is 10.3 Å². The van der Waals surface area contributed by atoms with Crippen molar-refractivity contribution in [2.24, 2.45) is 5.73 Å². The number of carboxylic acids is 1. The van der Waals surface area contributed by atoms with Crippen LogP contribution in [0.1, 0.15) is 18.9 Å². The Morgan fingerprint density at radius 1 is 1.50 bits per heavy atom. The minimum absolute atomic E-state index is 0.132. The summed E-state index contributed by atoms with van der Waals surface area (Å²) in [6.45, 7) is 1.87. The number of rotatable bonds is 3. The summed E-state index contributed by atoms with van der Waals surface area (Å²) < 4.78 is 10.4. The maximum atomic E-state index is 10.7. The van der Waals surface area contributed by atoms with E-state index in [9.17, 15) is 4.79 Å². The van der Waals surface area contributed by atoms with Gasteiger partial charge in [0, 0.05) is 5.54 Å². The monoisotopic (exact) mass is 223 g/mol. The molecule has 0 amide bonds. The lowest BCUT2D eigenvalue weighted by Crippen LogP contribution is -2.35. The molecule has 16 heavy (non-hydrogen) atoms. The van der Waals surface area contributed by atoms with Gasteiger partial charge in [0.2, 0.25) is 6.79 Å². The quantitative estimate of drug-likeness (QED) is 0.800. The molecule has 0 aliphatic carbocycles. The van der Waals surface area contributed by atoms with Crippen LogP contribution >= 0.6 is 0 Å². The Morgan fingerprint density at radius 3 is 2.88 bits per heavy atom. The number of fused-ring (bicyclic) bond motifs is 1. The molecule has 0 saturated carbocycles. The van der Waals surface area contributed by atoms with E-state index in [1.54, 1.807) is 25.1 Å². The predicted octanol–water partition coefficient (Wildman–Crippen LogP) is 1.06. The van der Waals surface area contributed by atoms with Gasteiger partial charge in [-0.15, -0.1) is 0 Å². The minimum Gasteiger partial charge on any atom is -0.481 e. The van der Waals surface area contributed by atoms with Crippen molar-refractivity contribution in [2.75, 3.05) is 6.79 Å². The first-order valence-corrected chi connectivity index (χ1v) is 4.90. The molecule has 5 heteroatoms. The van der Waals surface area contributed by atoms with Crippen molar-refractivity contribution >= 4 is 5.97 Å². The summed E-state index contributed by atoms with van der Waals surface area (Å²) in [4.78, 5) is 10.7. The molecular weight excluding hydrogens is 210 g/mol. The second-order valence-corrected chi connectivity index (χ2v) is 4.06. The fourth-order valence-corrected chi connectivity index (χ4v) is 1.67. The molecular formula is C11H13NO4. The molecule has 1 heterocycles. The van der Waals surface area contributed by atoms with Crippen molar-refractivity contribution in [3.63, 3.8) is 0 Å². The Labute approximate surface area is 92.8 Å². The molecule has 1 aliphatic heterocycles. The van der Waals surface area contributed by atoms with Crippen LogP contribution in [0.25, 0.3) is 0 Å². The van der Waals surface area contributed by atoms with Crippen LogP contribution in [-0.4, -0.2) is 17.9 Å². The third-order valence-corrected chi connectivity index (χ3v) is 2.55. The van der Waals surface area contributed by atoms with Gasteiger partial charge in [0.1, 0.15) is 0 Å². The number of ether oxygens (including phenoxy) is 2. The summed E-state index contributed by atoms with van der Waals surface area (Å²) in [6, 6.07) is 5.23. The summed E-state index contributed by atoms with van der Waals surface area (Å²) in [7, 11) is 0. The topological polar surface area (TPSA) is 81.8 Å². The first-order valence-electron chi connectivity index (χ1n) is 4.90. The zero-order valence-corrected chi connectivity index (χ0v) is 8.90. The van der Waals surface area contributed by atoms with Crippen molar-refractivity contribution < 1.29 is 19.4 Å². The van der Waals surface area contributed by atoms with Crippen LogP contribution in [0.5, 0.6) is 11.5 Å². The summed E-state index contributed by atoms with van der Waals surface area (Å²) >= 11 is 0. The van der Waals surface area contributed by atoms with E-state index in [-0.39, 0.29) is 13.2 Å². The van der Waals surface area contributed by atoms with E-state index < -0.39 is 11.5 Å². The van der Waals surface area contributed by atoms with Gasteiger partial charge in [-0.3, -0.25) is 4.79 Å². The lowest BCUT2D eigenvalue weighted by Gasteiger charge is -2.23. The van der Waals surface area contributed by atoms with Crippen LogP contribution in [0, 0.1) is 0 Å². The molecule has 0 fully saturated rings. The minimum atomic E-state index is -0.928. The van der Waals surface area contributed by atoms with Crippen molar-refractivity contribution in [3.05, 3.63) is 23.8 Å². The highest BCUT2D eigenvalue weighted by molar-refractivity contribution is 5.69. The lowest BCUT2D eigenvalue weighted by atomic mass is 9.89. The standard InChI is InChI=1S/C11H13NO4/c1-11(12,5-10(13)14)7-2-3-8-9(4-7)16-6-15-8/h2-4H,5-6,12H2,1H3,(H,13,14)/t11-/m0/s1. The molecule has 0 aromatic heterocycles. The van der Waals surface area contributed by atoms with Crippen molar-refractivity contribution in [1.29, 1.82) is 0 Å². The van der Waals surface area contributed by atoms with Crippen LogP contribution in [0.4, 0.5) is 0 Å². The number of carbonyl (C=O) groups is 1. The van der Waals surface area contributed by atoms with Crippen LogP contribution in [0.15, 0.2) is 18.2 Å². The van der Waals surface area contributed by atoms with Gasteiger partial charge in [-0.2, -0.15) is 0 Å². The molecule has 1 aromatic rings. The smallest absolute Gasteiger partial charge is 0.305 e. The fraction of sp³-hybridized carbons (Fsp3) is 0.364. The van der Waals surface area contributed by atoms with Gasteiger partial charge >= 0.3 is 5.97 Å². The van der Waals surface area contributed by atoms with Gasteiger partial charge in [0.25, 0.3) is 0 Å². The molecule has 0 bridgehead atoms. The van der Waals surface area contributed by atoms with E-state index in [2.05, 4.69) is 0 Å². The maximum Gasteiger partial charge on any atom is 0.305 e. The Bertz CT molecular complexity index is 428. The number of nitrogens with two attached hydrogens (primary N) is 1. The molecule has 0 spiro atoms. The average Bonchev–Trinajstić information content (AvgIpc) is 2.61. The number of benzene rings is 1. The zero-order chi connectivity index (χ0) is 11.8. The van der Waals surface area contributed by atoms with Crippen LogP contribution in [0.3, 0.4) is 0 Å². The summed E-state index contributed by atoms with van der Waals surface area (Å²) in [5.74, 6) is 0.345. The molecule has 1 atom stereocenters. The molecule has 5 nitrogen and oxygen atoms in total. The van der Waals surface area contributed by atoms with Gasteiger partial charge in [0.15, 0.2) is 11.5 Å². The van der Waals surface area contributed by atoms with Gasteiger partial charge in [-0.05, 0) is 24.6 Å². The van der Waals surface area contributed by atoms with Gasteiger partial charge in [-0.1, -0.05) is 6.07 Å². The molecule has 1 aromatic carbocycles. The van der Waals surface area contributed by atoms with E-state index in [0.29, 0.717) is 11.5 Å². The summed E-state index contributed by atoms with van der Waals surface area (Å²) in [5, 5.41) is 8.77. The van der Waals surface area contributed by atoms with Gasteiger partial charge < -0.3 is 20.3 Å². The number of aliphatic carboxylic acids is 1. The van der Waals surface area contributed by atoms with Crippen molar-refractivity contribution in [1.82, 2.24) is 0 Å². The number of hydrogen-bond acceptors (Lipinski definition) is 4. The molecule has 0 unspecified atom stereocenters. The predicted molar refractivity (Wildman–Crippen MR) is 56.4 cm³/mol. The van der Waals surface area contributed by atoms with E-state index in [0.717, 1.165) is 5.56 Å². The zero-order valence-electron chi connectivity index (χ0n) is 8.90. The number of hydrogen-bond donors (Lipinski definition) is 2. The first kappa shape index (κ1) is 10.8. The average molecular weight is 223 g/mol. The van der Waals surface area contributed by atoms with Gasteiger partial charge in [0.05, 0.1) is 6.42 Å². The van der Waals surface area contributed by atoms with E-state index >= 15 is 0 Å². The summed E-state index contributed by atoms with van der Waals surface area (Å²) in [5.41, 5.74) is 5.77. The van der Waals surface area contributed by atoms with E-state index in [1.807, 2.05) is 0 Å². The Balaban J connectivity index is 2.30. The summed E-state index contributed by atoms with van der Waals surface area (Å²) in [6.07, 6.45) is -0.132. The highest BCUT2D eigenvalue weighted by Crippen LogP contribution is 2.35. The Morgan fingerprint density at radius 2 is 2.19 bits per heavy atom. The Kier molecular flexibility index (Phi) is 2.47. The van der Waals surface area contributed by atoms with Crippen molar-refractivity contribution in [2.45, 2.75) is 18.9 Å². The SMILES string of the molecule is C[C@](N)(CC(=O)O)c1ccc2c(c1)OCO2. The third-order valence-electron chi connectivity index (χ3n) is 2.55. The van der Waals surface area contributed by atoms with Crippen LogP contribution in [0.2, 0.25) is 0 Å². The third kappa shape index (κ3) is 1.94. The van der Waals surface area contributed by atoms with Gasteiger partial charge in [-0.25, -0.2) is 0 Å². The second kappa shape index (κ2) is 3.68. The normalized spacial score (nSPS) is 16.9. The molecule has 3 N–H and O–H groups in total. The molecule has 86 valence electrons. The molecule has 0 radical (unpaired) electrons.